The lowest BCUT2D eigenvalue weighted by molar-refractivity contribution is 0.0993. The molecule has 0 aromatic heterocycles. The standard InChI is InChI=1S/C16H25N3O/c1-18-10-9-14-7-4-5-11-19(14)12-13-6-2-3-8-15(13)16(17)20/h2-3,6,8,14,18H,4-5,7,9-12H2,1H3,(H2,17,20). The molecule has 4 nitrogen and oxygen atoms in total. The zero-order valence-electron chi connectivity index (χ0n) is 12.3. The second kappa shape index (κ2) is 7.41. The Morgan fingerprint density at radius 1 is 1.40 bits per heavy atom. The number of piperidine rings is 1. The second-order valence-electron chi connectivity index (χ2n) is 5.53. The minimum absolute atomic E-state index is 0.329. The van der Waals surface area contributed by atoms with Gasteiger partial charge in [-0.1, -0.05) is 24.6 Å². The predicted octanol–water partition coefficient (Wildman–Crippen LogP) is 1.75. The molecule has 4 heteroatoms. The zero-order valence-corrected chi connectivity index (χ0v) is 12.3. The topological polar surface area (TPSA) is 58.4 Å². The number of rotatable bonds is 6. The number of nitrogens with two attached hydrogens (primary N) is 1. The molecule has 3 N–H and O–H groups in total. The van der Waals surface area contributed by atoms with E-state index in [-0.39, 0.29) is 5.91 Å². The number of carbonyl (C=O) groups is 1. The van der Waals surface area contributed by atoms with Crippen molar-refractivity contribution in [2.45, 2.75) is 38.3 Å². The van der Waals surface area contributed by atoms with E-state index in [9.17, 15) is 4.79 Å². The molecule has 110 valence electrons. The number of primary amides is 1. The number of benzene rings is 1. The quantitative estimate of drug-likeness (QED) is 0.831. The van der Waals surface area contributed by atoms with Crippen LogP contribution < -0.4 is 11.1 Å². The van der Waals surface area contributed by atoms with Crippen LogP contribution in [0.3, 0.4) is 0 Å². The summed E-state index contributed by atoms with van der Waals surface area (Å²) in [7, 11) is 2.00. The van der Waals surface area contributed by atoms with Gasteiger partial charge in [-0.2, -0.15) is 0 Å². The molecule has 1 aromatic carbocycles. The molecule has 1 atom stereocenters. The molecule has 0 saturated carbocycles. The third-order valence-electron chi connectivity index (χ3n) is 4.13. The van der Waals surface area contributed by atoms with Gasteiger partial charge in [0.25, 0.3) is 0 Å². The number of nitrogens with zero attached hydrogens (tertiary/aromatic N) is 1. The molecular weight excluding hydrogens is 250 g/mol. The summed E-state index contributed by atoms with van der Waals surface area (Å²) in [6.45, 7) is 2.98. The van der Waals surface area contributed by atoms with Gasteiger partial charge in [-0.05, 0) is 51.0 Å². The minimum Gasteiger partial charge on any atom is -0.366 e. The SMILES string of the molecule is CNCCC1CCCCN1Cc1ccccc1C(N)=O. The van der Waals surface area contributed by atoms with Crippen molar-refractivity contribution in [2.75, 3.05) is 20.1 Å². The van der Waals surface area contributed by atoms with E-state index >= 15 is 0 Å². The molecule has 1 aliphatic rings. The summed E-state index contributed by atoms with van der Waals surface area (Å²) in [6.07, 6.45) is 4.97. The molecule has 1 fully saturated rings. The molecule has 1 unspecified atom stereocenters. The average Bonchev–Trinajstić information content (AvgIpc) is 2.47. The monoisotopic (exact) mass is 275 g/mol. The van der Waals surface area contributed by atoms with Crippen molar-refractivity contribution in [1.29, 1.82) is 0 Å². The van der Waals surface area contributed by atoms with Crippen molar-refractivity contribution in [3.63, 3.8) is 0 Å². The maximum absolute atomic E-state index is 11.5. The van der Waals surface area contributed by atoms with E-state index in [1.807, 2.05) is 31.3 Å². The van der Waals surface area contributed by atoms with Gasteiger partial charge in [0, 0.05) is 18.2 Å². The molecule has 1 heterocycles. The third kappa shape index (κ3) is 3.81. The van der Waals surface area contributed by atoms with Crippen LogP contribution in [0.4, 0.5) is 0 Å². The van der Waals surface area contributed by atoms with Crippen molar-refractivity contribution >= 4 is 5.91 Å². The van der Waals surface area contributed by atoms with Gasteiger partial charge in [0.2, 0.25) is 5.91 Å². The maximum atomic E-state index is 11.5. The third-order valence-corrected chi connectivity index (χ3v) is 4.13. The smallest absolute Gasteiger partial charge is 0.249 e. The van der Waals surface area contributed by atoms with Crippen LogP contribution in [0, 0.1) is 0 Å². The molecule has 1 saturated heterocycles. The summed E-state index contributed by atoms with van der Waals surface area (Å²) in [5.41, 5.74) is 7.18. The minimum atomic E-state index is -0.329. The van der Waals surface area contributed by atoms with Crippen LogP contribution in [0.25, 0.3) is 0 Å². The van der Waals surface area contributed by atoms with Crippen molar-refractivity contribution < 1.29 is 4.79 Å². The van der Waals surface area contributed by atoms with Gasteiger partial charge in [0.15, 0.2) is 0 Å². The Morgan fingerprint density at radius 3 is 2.95 bits per heavy atom. The van der Waals surface area contributed by atoms with Gasteiger partial charge < -0.3 is 11.1 Å². The van der Waals surface area contributed by atoms with Gasteiger partial charge in [-0.25, -0.2) is 0 Å². The van der Waals surface area contributed by atoms with Gasteiger partial charge in [0.1, 0.15) is 0 Å². The van der Waals surface area contributed by atoms with E-state index in [4.69, 9.17) is 5.73 Å². The van der Waals surface area contributed by atoms with E-state index < -0.39 is 0 Å². The van der Waals surface area contributed by atoms with Gasteiger partial charge in [-0.15, -0.1) is 0 Å². The van der Waals surface area contributed by atoms with E-state index in [1.165, 1.54) is 19.3 Å². The number of carbonyl (C=O) groups excluding carboxylic acids is 1. The van der Waals surface area contributed by atoms with Crippen LogP contribution in [-0.2, 0) is 6.54 Å². The van der Waals surface area contributed by atoms with Crippen LogP contribution in [0.2, 0.25) is 0 Å². The first-order chi connectivity index (χ1) is 9.72. The summed E-state index contributed by atoms with van der Waals surface area (Å²) in [5.74, 6) is -0.329. The van der Waals surface area contributed by atoms with E-state index in [0.717, 1.165) is 31.6 Å². The van der Waals surface area contributed by atoms with Crippen LogP contribution in [0.1, 0.15) is 41.6 Å². The largest absolute Gasteiger partial charge is 0.366 e. The van der Waals surface area contributed by atoms with Crippen LogP contribution in [0.15, 0.2) is 24.3 Å². The van der Waals surface area contributed by atoms with Crippen molar-refractivity contribution in [2.24, 2.45) is 5.73 Å². The highest BCUT2D eigenvalue weighted by Crippen LogP contribution is 2.22. The second-order valence-corrected chi connectivity index (χ2v) is 5.53. The fourth-order valence-corrected chi connectivity index (χ4v) is 3.02. The molecule has 1 amide bonds. The highest BCUT2D eigenvalue weighted by atomic mass is 16.1. The summed E-state index contributed by atoms with van der Waals surface area (Å²) in [6, 6.07) is 8.30. The molecule has 0 radical (unpaired) electrons. The number of hydrogen-bond donors (Lipinski definition) is 2. The Morgan fingerprint density at radius 2 is 2.20 bits per heavy atom. The summed E-state index contributed by atoms with van der Waals surface area (Å²) < 4.78 is 0. The lowest BCUT2D eigenvalue weighted by Crippen LogP contribution is -2.40. The number of hydrogen-bond acceptors (Lipinski definition) is 3. The maximum Gasteiger partial charge on any atom is 0.249 e. The Balaban J connectivity index is 2.08. The summed E-state index contributed by atoms with van der Waals surface area (Å²) in [4.78, 5) is 14.0. The highest BCUT2D eigenvalue weighted by Gasteiger charge is 2.23. The van der Waals surface area contributed by atoms with E-state index in [2.05, 4.69) is 10.2 Å². The zero-order chi connectivity index (χ0) is 14.4. The Kier molecular flexibility index (Phi) is 5.56. The van der Waals surface area contributed by atoms with Crippen LogP contribution >= 0.6 is 0 Å². The molecule has 0 bridgehead atoms. The van der Waals surface area contributed by atoms with Gasteiger partial charge in [-0.3, -0.25) is 9.69 Å². The fourth-order valence-electron chi connectivity index (χ4n) is 3.02. The van der Waals surface area contributed by atoms with Crippen LogP contribution in [0.5, 0.6) is 0 Å². The normalized spacial score (nSPS) is 19.9. The van der Waals surface area contributed by atoms with E-state index in [1.54, 1.807) is 0 Å². The number of likely N-dealkylation sites (tertiary alicyclic amines) is 1. The molecular formula is C16H25N3O. The predicted molar refractivity (Wildman–Crippen MR) is 81.6 cm³/mol. The molecule has 1 aliphatic heterocycles. The van der Waals surface area contributed by atoms with Crippen molar-refractivity contribution in [3.05, 3.63) is 35.4 Å². The Labute approximate surface area is 121 Å². The first kappa shape index (κ1) is 15.0. The molecule has 0 aliphatic carbocycles. The highest BCUT2D eigenvalue weighted by molar-refractivity contribution is 5.94. The van der Waals surface area contributed by atoms with Crippen molar-refractivity contribution in [1.82, 2.24) is 10.2 Å². The number of amides is 1. The summed E-state index contributed by atoms with van der Waals surface area (Å²) in [5, 5.41) is 3.23. The molecule has 1 aromatic rings. The lowest BCUT2D eigenvalue weighted by Gasteiger charge is -2.36. The fraction of sp³-hybridized carbons (Fsp3) is 0.562. The molecule has 0 spiro atoms. The van der Waals surface area contributed by atoms with Gasteiger partial charge in [0.05, 0.1) is 0 Å². The van der Waals surface area contributed by atoms with Crippen LogP contribution in [-0.4, -0.2) is 37.0 Å². The Hall–Kier alpha value is -1.39. The first-order valence-electron chi connectivity index (χ1n) is 7.48. The first-order valence-corrected chi connectivity index (χ1v) is 7.48. The Bertz CT molecular complexity index is 447. The van der Waals surface area contributed by atoms with Gasteiger partial charge >= 0.3 is 0 Å². The van der Waals surface area contributed by atoms with Crippen molar-refractivity contribution in [3.8, 4) is 0 Å². The lowest BCUT2D eigenvalue weighted by atomic mass is 9.97. The number of nitrogens with one attached hydrogen (secondary N) is 1. The average molecular weight is 275 g/mol. The molecule has 20 heavy (non-hydrogen) atoms. The molecule has 2 rings (SSSR count). The summed E-state index contributed by atoms with van der Waals surface area (Å²) >= 11 is 0. The van der Waals surface area contributed by atoms with E-state index in [0.29, 0.717) is 11.6 Å².